The molecule has 4 atom stereocenters. The van der Waals surface area contributed by atoms with Crippen LogP contribution in [0.2, 0.25) is 0 Å². The minimum atomic E-state index is -0.362. The van der Waals surface area contributed by atoms with E-state index in [2.05, 4.69) is 116 Å². The number of phenolic OH excluding ortho intramolecular Hbond substituents is 2. The Hall–Kier alpha value is -5.30. The third-order valence-corrected chi connectivity index (χ3v) is 13.5. The summed E-state index contributed by atoms with van der Waals surface area (Å²) in [5, 5.41) is 24.4. The monoisotopic (exact) mass is 837 g/mol. The Morgan fingerprint density at radius 3 is 1.03 bits per heavy atom. The third kappa shape index (κ3) is 8.69. The first-order chi connectivity index (χ1) is 29.3. The van der Waals surface area contributed by atoms with E-state index in [-0.39, 0.29) is 24.4 Å². The van der Waals surface area contributed by atoms with Crippen molar-refractivity contribution in [2.75, 3.05) is 13.2 Å². The van der Waals surface area contributed by atoms with Crippen molar-refractivity contribution in [3.8, 4) is 23.0 Å². The van der Waals surface area contributed by atoms with Crippen molar-refractivity contribution < 1.29 is 29.2 Å². The normalized spacial score (nSPS) is 13.6. The van der Waals surface area contributed by atoms with Gasteiger partial charge in [0.15, 0.2) is 12.6 Å². The van der Waals surface area contributed by atoms with Gasteiger partial charge in [-0.05, 0) is 222 Å². The molecule has 6 aromatic carbocycles. The van der Waals surface area contributed by atoms with Crippen molar-refractivity contribution in [3.05, 3.63) is 161 Å². The van der Waals surface area contributed by atoms with E-state index in [1.54, 1.807) is 0 Å². The average Bonchev–Trinajstić information content (AvgIpc) is 3.24. The number of hydrogen-bond donors (Lipinski definition) is 2. The molecule has 62 heavy (non-hydrogen) atoms. The van der Waals surface area contributed by atoms with Crippen molar-refractivity contribution in [2.45, 2.75) is 135 Å². The second-order valence-electron chi connectivity index (χ2n) is 17.5. The predicted octanol–water partition coefficient (Wildman–Crippen LogP) is 13.8. The number of phenols is 2. The van der Waals surface area contributed by atoms with Gasteiger partial charge in [-0.15, -0.1) is 0 Å². The largest absolute Gasteiger partial charge is 0.507 e. The van der Waals surface area contributed by atoms with Gasteiger partial charge in [-0.2, -0.15) is 0 Å². The Balaban J connectivity index is 1.56. The van der Waals surface area contributed by atoms with Gasteiger partial charge in [-0.3, -0.25) is 0 Å². The van der Waals surface area contributed by atoms with E-state index < -0.39 is 0 Å². The smallest absolute Gasteiger partial charge is 0.196 e. The molecule has 6 nitrogen and oxygen atoms in total. The molecule has 6 aromatic rings. The van der Waals surface area contributed by atoms with Crippen molar-refractivity contribution in [1.82, 2.24) is 0 Å². The molecule has 0 aliphatic carbocycles. The molecular formula is C56H68O6. The van der Waals surface area contributed by atoms with E-state index in [1.165, 1.54) is 44.5 Å². The van der Waals surface area contributed by atoms with Crippen molar-refractivity contribution >= 4 is 10.8 Å². The first-order valence-corrected chi connectivity index (χ1v) is 22.2. The molecule has 6 heteroatoms. The van der Waals surface area contributed by atoms with Gasteiger partial charge in [0.25, 0.3) is 0 Å². The second kappa shape index (κ2) is 18.6. The molecule has 0 saturated heterocycles. The van der Waals surface area contributed by atoms with Crippen molar-refractivity contribution in [3.63, 3.8) is 0 Å². The quantitative estimate of drug-likeness (QED) is 0.0841. The topological polar surface area (TPSA) is 77.4 Å². The summed E-state index contributed by atoms with van der Waals surface area (Å²) in [7, 11) is 0. The Labute approximate surface area is 370 Å². The first kappa shape index (κ1) is 46.2. The summed E-state index contributed by atoms with van der Waals surface area (Å²) in [6.45, 7) is 34.1. The minimum Gasteiger partial charge on any atom is -0.507 e. The molecule has 2 N–H and O–H groups in total. The maximum Gasteiger partial charge on any atom is 0.196 e. The number of benzene rings is 6. The molecule has 328 valence electrons. The van der Waals surface area contributed by atoms with Gasteiger partial charge in [-0.25, -0.2) is 0 Å². The van der Waals surface area contributed by atoms with Gasteiger partial charge in [0, 0.05) is 25.0 Å². The summed E-state index contributed by atoms with van der Waals surface area (Å²) in [6.07, 6.45) is -0.724. The zero-order chi connectivity index (χ0) is 45.5. The molecule has 0 saturated carbocycles. The lowest BCUT2D eigenvalue weighted by Gasteiger charge is -2.28. The molecule has 0 amide bonds. The van der Waals surface area contributed by atoms with Crippen LogP contribution < -0.4 is 9.47 Å². The van der Waals surface area contributed by atoms with Crippen molar-refractivity contribution in [1.29, 1.82) is 0 Å². The zero-order valence-corrected chi connectivity index (χ0v) is 40.0. The molecule has 0 bridgehead atoms. The molecule has 0 aromatic heterocycles. The lowest BCUT2D eigenvalue weighted by molar-refractivity contribution is -0.0623. The summed E-state index contributed by atoms with van der Waals surface area (Å²) in [4.78, 5) is 0. The Morgan fingerprint density at radius 1 is 0.403 bits per heavy atom. The third-order valence-electron chi connectivity index (χ3n) is 13.5. The number of aromatic hydroxyl groups is 2. The van der Waals surface area contributed by atoms with E-state index in [0.717, 1.165) is 77.9 Å². The number of hydrogen-bond acceptors (Lipinski definition) is 6. The fraction of sp³-hybridized carbons (Fsp3) is 0.393. The maximum atomic E-state index is 11.0. The lowest BCUT2D eigenvalue weighted by atomic mass is 9.76. The van der Waals surface area contributed by atoms with Crippen LogP contribution in [-0.2, 0) is 9.47 Å². The van der Waals surface area contributed by atoms with Crippen LogP contribution >= 0.6 is 0 Å². The van der Waals surface area contributed by atoms with Crippen LogP contribution in [0.5, 0.6) is 23.0 Å². The molecular weight excluding hydrogens is 769 g/mol. The van der Waals surface area contributed by atoms with Crippen molar-refractivity contribution in [2.24, 2.45) is 0 Å². The Kier molecular flexibility index (Phi) is 13.9. The SMILES string of the molecule is CCOC(C)Oc1c(C)cc(C(c2ccc3cc(C(c4cc(C)c(O)c(C)c4C)c4cc(C)c(OC(C)OCC)c(C)c4C)ccc3c2)c2cc(C)c(O)c(C)c2C)c(C)c1C. The van der Waals surface area contributed by atoms with Gasteiger partial charge in [0.2, 0.25) is 0 Å². The number of fused-ring (bicyclic) bond motifs is 1. The Bertz CT molecular complexity index is 2470. The van der Waals surface area contributed by atoms with Crippen LogP contribution in [-0.4, -0.2) is 36.0 Å². The molecule has 0 aliphatic rings. The van der Waals surface area contributed by atoms with Crippen LogP contribution in [0.3, 0.4) is 0 Å². The summed E-state index contributed by atoms with van der Waals surface area (Å²) in [5.41, 5.74) is 19.4. The highest BCUT2D eigenvalue weighted by Gasteiger charge is 2.29. The van der Waals surface area contributed by atoms with Gasteiger partial charge in [0.05, 0.1) is 0 Å². The average molecular weight is 837 g/mol. The molecule has 0 spiro atoms. The van der Waals surface area contributed by atoms with Gasteiger partial charge >= 0.3 is 0 Å². The van der Waals surface area contributed by atoms with Gasteiger partial charge in [-0.1, -0.05) is 60.7 Å². The van der Waals surface area contributed by atoms with E-state index in [0.29, 0.717) is 24.7 Å². The van der Waals surface area contributed by atoms with Crippen LogP contribution in [0.15, 0.2) is 60.7 Å². The van der Waals surface area contributed by atoms with Gasteiger partial charge in [0.1, 0.15) is 23.0 Å². The zero-order valence-electron chi connectivity index (χ0n) is 40.0. The molecule has 0 aliphatic heterocycles. The van der Waals surface area contributed by atoms with Crippen LogP contribution in [0, 0.1) is 83.1 Å². The number of rotatable bonds is 14. The van der Waals surface area contributed by atoms with E-state index in [9.17, 15) is 10.2 Å². The van der Waals surface area contributed by atoms with E-state index in [1.807, 2.05) is 55.4 Å². The summed E-state index contributed by atoms with van der Waals surface area (Å²) < 4.78 is 24.3. The number of ether oxygens (including phenoxy) is 4. The number of aryl methyl sites for hydroxylation is 4. The van der Waals surface area contributed by atoms with Crippen LogP contribution in [0.1, 0.15) is 140 Å². The highest BCUT2D eigenvalue weighted by atomic mass is 16.7. The Morgan fingerprint density at radius 2 is 0.710 bits per heavy atom. The first-order valence-electron chi connectivity index (χ1n) is 22.2. The predicted molar refractivity (Wildman–Crippen MR) is 255 cm³/mol. The minimum absolute atomic E-state index is 0.106. The summed E-state index contributed by atoms with van der Waals surface area (Å²) in [6, 6.07) is 22.6. The van der Waals surface area contributed by atoms with E-state index >= 15 is 0 Å². The summed E-state index contributed by atoms with van der Waals surface area (Å²) >= 11 is 0. The fourth-order valence-corrected chi connectivity index (χ4v) is 9.51. The molecule has 0 radical (unpaired) electrons. The lowest BCUT2D eigenvalue weighted by Crippen LogP contribution is -2.18. The highest BCUT2D eigenvalue weighted by molar-refractivity contribution is 5.85. The van der Waals surface area contributed by atoms with E-state index in [4.69, 9.17) is 18.9 Å². The van der Waals surface area contributed by atoms with Crippen LogP contribution in [0.4, 0.5) is 0 Å². The molecule has 0 fully saturated rings. The van der Waals surface area contributed by atoms with Crippen LogP contribution in [0.25, 0.3) is 10.8 Å². The fourth-order valence-electron chi connectivity index (χ4n) is 9.51. The molecule has 0 heterocycles. The van der Waals surface area contributed by atoms with Gasteiger partial charge < -0.3 is 29.2 Å². The molecule has 4 unspecified atom stereocenters. The summed E-state index contributed by atoms with van der Waals surface area (Å²) in [5.74, 6) is 2.20. The standard InChI is InChI=1S/C56H68O6/c1-17-59-41(15)61-55-31(5)25-49(35(9)39(55)13)51(47-23-29(3)53(57)37(11)33(47)7)45-21-19-44-28-46(22-20-43(44)27-45)52(48-24-30(4)54(58)38(12)34(48)8)50-26-32(6)56(40(14)36(50)10)62-42(16)60-18-2/h19-28,41-42,51-52,57-58H,17-18H2,1-16H3. The highest BCUT2D eigenvalue weighted by Crippen LogP contribution is 2.46. The molecule has 6 rings (SSSR count). The maximum absolute atomic E-state index is 11.0. The second-order valence-corrected chi connectivity index (χ2v) is 17.5.